The molecule has 2 aromatic rings. The molecule has 0 aliphatic rings. The van der Waals surface area contributed by atoms with E-state index in [9.17, 15) is 8.42 Å². The van der Waals surface area contributed by atoms with Crippen molar-refractivity contribution in [2.45, 2.75) is 18.4 Å². The first-order valence-corrected chi connectivity index (χ1v) is 10.3. The molecule has 1 aromatic heterocycles. The summed E-state index contributed by atoms with van der Waals surface area (Å²) in [4.78, 5) is 6.74. The highest BCUT2D eigenvalue weighted by Gasteiger charge is 2.13. The summed E-state index contributed by atoms with van der Waals surface area (Å²) in [5.41, 5.74) is 0. The molecule has 6 nitrogen and oxygen atoms in total. The minimum Gasteiger partial charge on any atom is -0.355 e. The van der Waals surface area contributed by atoms with Crippen molar-refractivity contribution in [3.8, 4) is 0 Å². The smallest absolute Gasteiger partial charge is 0.240 e. The van der Waals surface area contributed by atoms with Crippen LogP contribution in [0.15, 0.2) is 46.3 Å². The summed E-state index contributed by atoms with van der Waals surface area (Å²) in [6, 6.07) is 10.3. The first-order valence-electron chi connectivity index (χ1n) is 7.66. The Bertz CT molecular complexity index is 840. The van der Waals surface area contributed by atoms with E-state index in [-0.39, 0.29) is 35.4 Å². The maximum absolute atomic E-state index is 12.2. The van der Waals surface area contributed by atoms with Crippen molar-refractivity contribution in [1.29, 1.82) is 0 Å². The second-order valence-electron chi connectivity index (χ2n) is 5.22. The van der Waals surface area contributed by atoms with Gasteiger partial charge in [-0.1, -0.05) is 17.7 Å². The number of rotatable bonds is 7. The van der Waals surface area contributed by atoms with Gasteiger partial charge in [-0.2, -0.15) is 0 Å². The van der Waals surface area contributed by atoms with Crippen LogP contribution < -0.4 is 15.4 Å². The molecule has 0 saturated carbocycles. The molecule has 0 spiro atoms. The Hall–Kier alpha value is -0.880. The number of nitrogens with one attached hydrogen (secondary N) is 3. The van der Waals surface area contributed by atoms with Crippen molar-refractivity contribution in [2.75, 3.05) is 20.1 Å². The fraction of sp³-hybridized carbons (Fsp3) is 0.312. The molecular weight excluding hydrogens is 507 g/mol. The van der Waals surface area contributed by atoms with E-state index >= 15 is 0 Å². The number of thiophene rings is 1. The number of benzene rings is 1. The van der Waals surface area contributed by atoms with Gasteiger partial charge in [0.25, 0.3) is 0 Å². The van der Waals surface area contributed by atoms with Crippen molar-refractivity contribution in [3.63, 3.8) is 0 Å². The maximum Gasteiger partial charge on any atom is 0.240 e. The van der Waals surface area contributed by atoms with Gasteiger partial charge in [0.1, 0.15) is 0 Å². The molecule has 2 rings (SSSR count). The van der Waals surface area contributed by atoms with Gasteiger partial charge in [-0.15, -0.1) is 35.3 Å². The summed E-state index contributed by atoms with van der Waals surface area (Å²) in [6.07, 6.45) is 0. The van der Waals surface area contributed by atoms with Gasteiger partial charge < -0.3 is 10.6 Å². The molecule has 26 heavy (non-hydrogen) atoms. The number of hydrogen-bond acceptors (Lipinski definition) is 4. The van der Waals surface area contributed by atoms with Crippen molar-refractivity contribution in [2.24, 2.45) is 4.99 Å². The Labute approximate surface area is 180 Å². The van der Waals surface area contributed by atoms with Gasteiger partial charge in [-0.3, -0.25) is 4.99 Å². The standard InChI is InChI=1S/C16H21ClN4O2S2.HI/c1-12-6-7-14(24-12)11-20-16(18-2)19-8-9-21-25(22,23)15-5-3-4-13(17)10-15;/h3-7,10,21H,8-9,11H2,1-2H3,(H2,18,19,20);1H. The third kappa shape index (κ3) is 7.39. The Morgan fingerprint density at radius 3 is 2.58 bits per heavy atom. The molecule has 0 fully saturated rings. The van der Waals surface area contributed by atoms with Crippen LogP contribution in [0.4, 0.5) is 0 Å². The lowest BCUT2D eigenvalue weighted by molar-refractivity contribution is 0.580. The highest BCUT2D eigenvalue weighted by Crippen LogP contribution is 2.15. The van der Waals surface area contributed by atoms with Crippen molar-refractivity contribution >= 4 is 62.9 Å². The van der Waals surface area contributed by atoms with Crippen LogP contribution in [0.25, 0.3) is 0 Å². The largest absolute Gasteiger partial charge is 0.355 e. The molecule has 0 radical (unpaired) electrons. The van der Waals surface area contributed by atoms with Gasteiger partial charge in [0.15, 0.2) is 5.96 Å². The molecule has 0 saturated heterocycles. The van der Waals surface area contributed by atoms with Crippen molar-refractivity contribution in [1.82, 2.24) is 15.4 Å². The highest BCUT2D eigenvalue weighted by atomic mass is 127. The van der Waals surface area contributed by atoms with Crippen LogP contribution in [0.1, 0.15) is 9.75 Å². The average Bonchev–Trinajstić information content (AvgIpc) is 2.99. The zero-order chi connectivity index (χ0) is 18.3. The fourth-order valence-electron chi connectivity index (χ4n) is 2.06. The number of hydrogen-bond donors (Lipinski definition) is 3. The van der Waals surface area contributed by atoms with Crippen LogP contribution in [0, 0.1) is 6.92 Å². The van der Waals surface area contributed by atoms with E-state index in [0.717, 1.165) is 0 Å². The number of aliphatic imine (C=N–C) groups is 1. The van der Waals surface area contributed by atoms with E-state index in [1.165, 1.54) is 21.9 Å². The predicted molar refractivity (Wildman–Crippen MR) is 119 cm³/mol. The molecule has 0 aliphatic heterocycles. The molecule has 1 aromatic carbocycles. The Kier molecular flexibility index (Phi) is 9.86. The zero-order valence-electron chi connectivity index (χ0n) is 14.5. The SMILES string of the molecule is CN=C(NCCNS(=O)(=O)c1cccc(Cl)c1)NCc1ccc(C)s1.I. The molecule has 0 bridgehead atoms. The average molecular weight is 529 g/mol. The van der Waals surface area contributed by atoms with E-state index in [1.807, 2.05) is 0 Å². The first-order chi connectivity index (χ1) is 11.9. The number of nitrogens with zero attached hydrogens (tertiary/aromatic N) is 1. The number of halogens is 2. The summed E-state index contributed by atoms with van der Waals surface area (Å²) in [6.45, 7) is 3.37. The van der Waals surface area contributed by atoms with Crippen LogP contribution >= 0.6 is 46.9 Å². The summed E-state index contributed by atoms with van der Waals surface area (Å²) >= 11 is 7.55. The van der Waals surface area contributed by atoms with Gasteiger partial charge in [-0.05, 0) is 37.3 Å². The van der Waals surface area contributed by atoms with Crippen LogP contribution in [-0.2, 0) is 16.6 Å². The minimum atomic E-state index is -3.57. The normalized spacial score (nSPS) is 11.7. The summed E-state index contributed by atoms with van der Waals surface area (Å²) in [7, 11) is -1.90. The molecule has 1 heterocycles. The molecular formula is C16H22ClIN4O2S2. The van der Waals surface area contributed by atoms with Crippen LogP contribution in [0.3, 0.4) is 0 Å². The van der Waals surface area contributed by atoms with E-state index in [2.05, 4.69) is 39.4 Å². The van der Waals surface area contributed by atoms with E-state index in [4.69, 9.17) is 11.6 Å². The lowest BCUT2D eigenvalue weighted by Gasteiger charge is -2.12. The lowest BCUT2D eigenvalue weighted by Crippen LogP contribution is -2.41. The monoisotopic (exact) mass is 528 g/mol. The maximum atomic E-state index is 12.2. The van der Waals surface area contributed by atoms with Crippen LogP contribution in [0.2, 0.25) is 5.02 Å². The van der Waals surface area contributed by atoms with E-state index in [1.54, 1.807) is 30.5 Å². The predicted octanol–water partition coefficient (Wildman–Crippen LogP) is 2.97. The molecule has 0 aliphatic carbocycles. The molecule has 0 unspecified atom stereocenters. The fourth-order valence-corrected chi connectivity index (χ4v) is 4.22. The molecule has 0 atom stereocenters. The Morgan fingerprint density at radius 2 is 1.96 bits per heavy atom. The Morgan fingerprint density at radius 1 is 1.19 bits per heavy atom. The molecule has 144 valence electrons. The second kappa shape index (κ2) is 11.1. The third-order valence-corrected chi connectivity index (χ3v) is 5.96. The molecule has 0 amide bonds. The summed E-state index contributed by atoms with van der Waals surface area (Å²) < 4.78 is 26.9. The second-order valence-corrected chi connectivity index (χ2v) is 8.80. The Balaban J connectivity index is 0.00000338. The third-order valence-electron chi connectivity index (χ3n) is 3.27. The zero-order valence-corrected chi connectivity index (χ0v) is 19.2. The van der Waals surface area contributed by atoms with E-state index < -0.39 is 10.0 Å². The quantitative estimate of drug-likeness (QED) is 0.223. The summed E-state index contributed by atoms with van der Waals surface area (Å²) in [5, 5.41) is 6.65. The number of sulfonamides is 1. The van der Waals surface area contributed by atoms with Gasteiger partial charge in [-0.25, -0.2) is 13.1 Å². The van der Waals surface area contributed by atoms with Crippen LogP contribution in [-0.4, -0.2) is 34.5 Å². The molecule has 3 N–H and O–H groups in total. The van der Waals surface area contributed by atoms with Gasteiger partial charge in [0.05, 0.1) is 11.4 Å². The minimum absolute atomic E-state index is 0. The summed E-state index contributed by atoms with van der Waals surface area (Å²) in [5.74, 6) is 0.619. The van der Waals surface area contributed by atoms with Crippen LogP contribution in [0.5, 0.6) is 0 Å². The van der Waals surface area contributed by atoms with Gasteiger partial charge in [0, 0.05) is 34.9 Å². The first kappa shape index (κ1) is 23.2. The number of aryl methyl sites for hydroxylation is 1. The molecule has 10 heteroatoms. The van der Waals surface area contributed by atoms with E-state index in [0.29, 0.717) is 24.1 Å². The lowest BCUT2D eigenvalue weighted by atomic mass is 10.4. The topological polar surface area (TPSA) is 82.6 Å². The van der Waals surface area contributed by atoms with Crippen molar-refractivity contribution in [3.05, 3.63) is 51.2 Å². The number of guanidine groups is 1. The highest BCUT2D eigenvalue weighted by molar-refractivity contribution is 14.0. The van der Waals surface area contributed by atoms with Gasteiger partial charge >= 0.3 is 0 Å². The van der Waals surface area contributed by atoms with Crippen molar-refractivity contribution < 1.29 is 8.42 Å². The van der Waals surface area contributed by atoms with Gasteiger partial charge in [0.2, 0.25) is 10.0 Å².